The van der Waals surface area contributed by atoms with Crippen molar-refractivity contribution in [2.75, 3.05) is 0 Å². The summed E-state index contributed by atoms with van der Waals surface area (Å²) in [5, 5.41) is 0.210. The lowest BCUT2D eigenvalue weighted by molar-refractivity contribution is 0.206. The van der Waals surface area contributed by atoms with Crippen molar-refractivity contribution in [2.24, 2.45) is 0 Å². The monoisotopic (exact) mass is 418 g/mol. The summed E-state index contributed by atoms with van der Waals surface area (Å²) in [7, 11) is -1.82. The molecule has 0 N–H and O–H groups in total. The van der Waals surface area contributed by atoms with Crippen molar-refractivity contribution < 1.29 is 9.08 Å². The normalized spacial score (nSPS) is 21.3. The number of rotatable bonds is 9. The van der Waals surface area contributed by atoms with Crippen molar-refractivity contribution in [1.29, 1.82) is 0 Å². The second-order valence-corrected chi connectivity index (χ2v) is 15.8. The van der Waals surface area contributed by atoms with Crippen LogP contribution in [0.5, 0.6) is 0 Å². The molecule has 4 heteroatoms. The molecular weight excluding hydrogens is 371 g/mol. The van der Waals surface area contributed by atoms with Crippen LogP contribution >= 0.6 is 0 Å². The van der Waals surface area contributed by atoms with Gasteiger partial charge in [-0.05, 0) is 36.7 Å². The Morgan fingerprint density at radius 3 is 1.90 bits per heavy atom. The van der Waals surface area contributed by atoms with E-state index >= 15 is 0 Å². The molecule has 2 aliphatic rings. The Morgan fingerprint density at radius 2 is 1.48 bits per heavy atom. The third-order valence-corrected chi connectivity index (χ3v) is 12.1. The largest absolute Gasteiger partial charge is 0.563 e. The molecule has 2 aliphatic carbocycles. The van der Waals surface area contributed by atoms with Gasteiger partial charge in [0, 0.05) is 6.42 Å². The van der Waals surface area contributed by atoms with Crippen LogP contribution in [-0.2, 0) is 9.08 Å². The number of allylic oxidation sites excluding steroid dienone is 1. The van der Waals surface area contributed by atoms with Gasteiger partial charge in [-0.1, -0.05) is 104 Å². The van der Waals surface area contributed by atoms with Crippen LogP contribution in [0, 0.1) is 0 Å². The summed E-state index contributed by atoms with van der Waals surface area (Å²) in [6, 6.07) is 0. The maximum atomic E-state index is 6.71. The summed E-state index contributed by atoms with van der Waals surface area (Å²) in [5.74, 6) is 2.39. The number of hydrogen-bond acceptors (Lipinski definition) is 2. The zero-order chi connectivity index (χ0) is 21.5. The van der Waals surface area contributed by atoms with Crippen LogP contribution in [0.4, 0.5) is 0 Å². The van der Waals surface area contributed by atoms with Crippen molar-refractivity contribution in [3.8, 4) is 0 Å². The fraction of sp³-hybridized carbons (Fsp3) is 0.840. The van der Waals surface area contributed by atoms with Crippen LogP contribution in [0.1, 0.15) is 98.3 Å². The van der Waals surface area contributed by atoms with E-state index in [2.05, 4.69) is 59.5 Å². The molecule has 1 atom stereocenters. The second-order valence-electron chi connectivity index (χ2n) is 11.1. The highest BCUT2D eigenvalue weighted by Gasteiger charge is 2.40. The lowest BCUT2D eigenvalue weighted by Gasteiger charge is -2.39. The van der Waals surface area contributed by atoms with E-state index in [0.29, 0.717) is 6.92 Å². The molecular formula is C25H47BO2Si. The van der Waals surface area contributed by atoms with Gasteiger partial charge in [0.15, 0.2) is 8.32 Å². The van der Waals surface area contributed by atoms with Gasteiger partial charge in [-0.15, -0.1) is 0 Å². The molecule has 0 radical (unpaired) electrons. The molecule has 0 aromatic rings. The van der Waals surface area contributed by atoms with E-state index in [9.17, 15) is 0 Å². The van der Waals surface area contributed by atoms with Crippen LogP contribution in [-0.4, -0.2) is 21.3 Å². The van der Waals surface area contributed by atoms with Crippen molar-refractivity contribution in [3.05, 3.63) is 24.5 Å². The Labute approximate surface area is 183 Å². The zero-order valence-corrected chi connectivity index (χ0v) is 21.3. The van der Waals surface area contributed by atoms with Crippen molar-refractivity contribution in [1.82, 2.24) is 0 Å². The first kappa shape index (κ1) is 24.8. The first-order valence-electron chi connectivity index (χ1n) is 12.3. The average Bonchev–Trinajstić information content (AvgIpc) is 2.66. The summed E-state index contributed by atoms with van der Waals surface area (Å²) in [4.78, 5) is 0. The van der Waals surface area contributed by atoms with E-state index in [0.717, 1.165) is 23.8 Å². The summed E-state index contributed by atoms with van der Waals surface area (Å²) < 4.78 is 13.4. The molecule has 0 heterocycles. The predicted octanol–water partition coefficient (Wildman–Crippen LogP) is 8.53. The van der Waals surface area contributed by atoms with Crippen LogP contribution in [0.2, 0.25) is 29.8 Å². The standard InChI is InChI=1S/C25H47BO2Si/c1-8-15-24(28-29(6,7)25(3,4)5)20-21(2)27-26(22-16-11-9-12-17-22)23-18-13-10-14-19-23/h8,15,22-24H,2,9-14,16-20H2,1,3-7H3/b15-8+/t24-/m0/s1. The molecule has 0 saturated heterocycles. The van der Waals surface area contributed by atoms with E-state index in [1.165, 1.54) is 64.2 Å². The van der Waals surface area contributed by atoms with Gasteiger partial charge in [-0.3, -0.25) is 0 Å². The first-order chi connectivity index (χ1) is 13.6. The van der Waals surface area contributed by atoms with E-state index < -0.39 is 8.32 Å². The molecule has 0 spiro atoms. The maximum Gasteiger partial charge on any atom is 0.363 e. The van der Waals surface area contributed by atoms with Gasteiger partial charge >= 0.3 is 6.92 Å². The summed E-state index contributed by atoms with van der Waals surface area (Å²) in [6.45, 7) is 18.4. The minimum absolute atomic E-state index is 0.0757. The van der Waals surface area contributed by atoms with Gasteiger partial charge < -0.3 is 9.08 Å². The Balaban J connectivity index is 2.03. The molecule has 0 unspecified atom stereocenters. The van der Waals surface area contributed by atoms with Gasteiger partial charge in [0.05, 0.1) is 11.9 Å². The molecule has 2 saturated carbocycles. The highest BCUT2D eigenvalue weighted by Crippen LogP contribution is 2.43. The van der Waals surface area contributed by atoms with Crippen molar-refractivity contribution >= 4 is 15.2 Å². The molecule has 2 rings (SSSR count). The smallest absolute Gasteiger partial charge is 0.363 e. The maximum absolute atomic E-state index is 6.71. The van der Waals surface area contributed by atoms with Gasteiger partial charge in [0.2, 0.25) is 0 Å². The van der Waals surface area contributed by atoms with E-state index in [1.807, 2.05) is 0 Å². The zero-order valence-electron chi connectivity index (χ0n) is 20.3. The molecule has 2 fully saturated rings. The molecule has 0 amide bonds. The third-order valence-electron chi connectivity index (χ3n) is 7.62. The van der Waals surface area contributed by atoms with Crippen LogP contribution in [0.3, 0.4) is 0 Å². The predicted molar refractivity (Wildman–Crippen MR) is 131 cm³/mol. The fourth-order valence-corrected chi connectivity index (χ4v) is 6.16. The highest BCUT2D eigenvalue weighted by molar-refractivity contribution is 6.74. The molecule has 0 aromatic heterocycles. The molecule has 0 aromatic carbocycles. The summed E-state index contributed by atoms with van der Waals surface area (Å²) >= 11 is 0. The van der Waals surface area contributed by atoms with Crippen LogP contribution in [0.25, 0.3) is 0 Å². The van der Waals surface area contributed by atoms with Gasteiger partial charge in [0.25, 0.3) is 0 Å². The molecule has 29 heavy (non-hydrogen) atoms. The topological polar surface area (TPSA) is 18.5 Å². The van der Waals surface area contributed by atoms with E-state index in [1.54, 1.807) is 0 Å². The molecule has 166 valence electrons. The van der Waals surface area contributed by atoms with Gasteiger partial charge in [0.1, 0.15) is 0 Å². The minimum Gasteiger partial charge on any atom is -0.563 e. The number of hydrogen-bond donors (Lipinski definition) is 0. The Hall–Kier alpha value is -0.478. The molecule has 2 nitrogen and oxygen atoms in total. The molecule has 0 aliphatic heterocycles. The van der Waals surface area contributed by atoms with Crippen LogP contribution in [0.15, 0.2) is 24.5 Å². The van der Waals surface area contributed by atoms with Gasteiger partial charge in [-0.2, -0.15) is 0 Å². The van der Waals surface area contributed by atoms with Crippen LogP contribution < -0.4 is 0 Å². The van der Waals surface area contributed by atoms with E-state index in [-0.39, 0.29) is 11.1 Å². The Bertz CT molecular complexity index is 507. The quantitative estimate of drug-likeness (QED) is 0.212. The van der Waals surface area contributed by atoms with Crippen molar-refractivity contribution in [3.63, 3.8) is 0 Å². The third kappa shape index (κ3) is 7.61. The highest BCUT2D eigenvalue weighted by atomic mass is 28.4. The summed E-state index contributed by atoms with van der Waals surface area (Å²) in [6.07, 6.45) is 18.8. The first-order valence-corrected chi connectivity index (χ1v) is 15.2. The molecule has 0 bridgehead atoms. The second kappa shape index (κ2) is 11.2. The summed E-state index contributed by atoms with van der Waals surface area (Å²) in [5.41, 5.74) is 0. The van der Waals surface area contributed by atoms with Gasteiger partial charge in [-0.25, -0.2) is 0 Å². The lowest BCUT2D eigenvalue weighted by Crippen LogP contribution is -2.43. The fourth-order valence-electron chi connectivity index (χ4n) is 4.89. The lowest BCUT2D eigenvalue weighted by atomic mass is 9.41. The van der Waals surface area contributed by atoms with Crippen molar-refractivity contribution in [2.45, 2.75) is 134 Å². The Kier molecular flexibility index (Phi) is 9.60. The van der Waals surface area contributed by atoms with E-state index in [4.69, 9.17) is 9.08 Å². The average molecular weight is 419 g/mol. The minimum atomic E-state index is -1.82. The SMILES string of the molecule is C=C(C[C@H](/C=C/C)O[Si](C)(C)C(C)(C)C)OB(C1CCCCC1)C1CCCCC1. The Morgan fingerprint density at radius 1 is 1.00 bits per heavy atom.